The van der Waals surface area contributed by atoms with Crippen LogP contribution in [-0.2, 0) is 17.9 Å². The second-order valence-electron chi connectivity index (χ2n) is 6.82. The Morgan fingerprint density at radius 2 is 1.97 bits per heavy atom. The minimum Gasteiger partial charge on any atom is -0.386 e. The van der Waals surface area contributed by atoms with Gasteiger partial charge >= 0.3 is 0 Å². The van der Waals surface area contributed by atoms with Gasteiger partial charge in [-0.15, -0.1) is 0 Å². The number of carbonyl (C=O) groups is 1. The van der Waals surface area contributed by atoms with Gasteiger partial charge in [0.15, 0.2) is 0 Å². The van der Waals surface area contributed by atoms with Gasteiger partial charge in [0.2, 0.25) is 0 Å². The van der Waals surface area contributed by atoms with E-state index in [1.165, 1.54) is 6.20 Å². The molecular formula is C22H18Cl2N6O. The Morgan fingerprint density at radius 3 is 2.81 bits per heavy atom. The molecule has 0 aliphatic heterocycles. The van der Waals surface area contributed by atoms with E-state index in [4.69, 9.17) is 28.6 Å². The second kappa shape index (κ2) is 9.16. The Kier molecular flexibility index (Phi) is 6.16. The zero-order valence-corrected chi connectivity index (χ0v) is 17.8. The summed E-state index contributed by atoms with van der Waals surface area (Å²) < 4.78 is 1.83. The van der Waals surface area contributed by atoms with Gasteiger partial charge in [0, 0.05) is 41.8 Å². The fraction of sp³-hybridized carbons (Fsp3) is 0.0909. The zero-order chi connectivity index (χ0) is 21.8. The van der Waals surface area contributed by atoms with E-state index in [1.54, 1.807) is 30.9 Å². The maximum Gasteiger partial charge on any atom is 0.254 e. The Hall–Kier alpha value is -3.42. The fourth-order valence-corrected chi connectivity index (χ4v) is 3.46. The highest BCUT2D eigenvalue weighted by molar-refractivity contribution is 6.31. The highest BCUT2D eigenvalue weighted by atomic mass is 35.5. The van der Waals surface area contributed by atoms with E-state index in [-0.39, 0.29) is 18.0 Å². The van der Waals surface area contributed by atoms with Gasteiger partial charge in [-0.3, -0.25) is 9.78 Å². The number of imidazole rings is 1. The summed E-state index contributed by atoms with van der Waals surface area (Å²) in [6, 6.07) is 11.2. The molecule has 0 aliphatic rings. The summed E-state index contributed by atoms with van der Waals surface area (Å²) in [5.41, 5.74) is 3.57. The predicted molar refractivity (Wildman–Crippen MR) is 123 cm³/mol. The van der Waals surface area contributed by atoms with Crippen LogP contribution in [0.25, 0.3) is 16.4 Å². The molecule has 7 nitrogen and oxygen atoms in total. The molecule has 1 amide bonds. The van der Waals surface area contributed by atoms with Gasteiger partial charge in [0.05, 0.1) is 40.2 Å². The molecule has 156 valence electrons. The number of rotatable bonds is 7. The highest BCUT2D eigenvalue weighted by Crippen LogP contribution is 2.18. The lowest BCUT2D eigenvalue weighted by atomic mass is 10.1. The van der Waals surface area contributed by atoms with Gasteiger partial charge in [-0.1, -0.05) is 29.3 Å². The van der Waals surface area contributed by atoms with Crippen LogP contribution in [0.15, 0.2) is 66.9 Å². The normalized spacial score (nSPS) is 11.6. The molecule has 3 N–H and O–H groups in total. The zero-order valence-electron chi connectivity index (χ0n) is 16.3. The predicted octanol–water partition coefficient (Wildman–Crippen LogP) is 4.13. The first-order chi connectivity index (χ1) is 15.0. The van der Waals surface area contributed by atoms with Crippen molar-refractivity contribution in [3.63, 3.8) is 0 Å². The smallest absolute Gasteiger partial charge is 0.254 e. The monoisotopic (exact) mass is 452 g/mol. The molecule has 0 fully saturated rings. The van der Waals surface area contributed by atoms with E-state index in [1.807, 2.05) is 28.7 Å². The number of nitrogens with one attached hydrogen (secondary N) is 3. The first-order valence-electron chi connectivity index (χ1n) is 9.41. The van der Waals surface area contributed by atoms with Crippen molar-refractivity contribution in [1.82, 2.24) is 25.0 Å². The molecule has 0 radical (unpaired) electrons. The number of pyridine rings is 2. The molecule has 0 atom stereocenters. The van der Waals surface area contributed by atoms with Gasteiger partial charge in [0.25, 0.3) is 5.91 Å². The Balaban J connectivity index is 1.39. The SMILES string of the molecule is N=C/C(=C\NCc1ccc2ncc(Cl)cc2c1)C(=O)NCc1ncn2ccc(Cl)cc12. The van der Waals surface area contributed by atoms with Crippen LogP contribution >= 0.6 is 23.2 Å². The average molecular weight is 453 g/mol. The van der Waals surface area contributed by atoms with E-state index >= 15 is 0 Å². The molecule has 4 aromatic rings. The average Bonchev–Trinajstić information content (AvgIpc) is 3.16. The number of halogens is 2. The molecular weight excluding hydrogens is 435 g/mol. The van der Waals surface area contributed by atoms with Gasteiger partial charge < -0.3 is 20.4 Å². The summed E-state index contributed by atoms with van der Waals surface area (Å²) >= 11 is 12.1. The Labute approximate surface area is 188 Å². The summed E-state index contributed by atoms with van der Waals surface area (Å²) in [7, 11) is 0. The summed E-state index contributed by atoms with van der Waals surface area (Å²) in [5.74, 6) is -0.375. The number of hydrogen-bond acceptors (Lipinski definition) is 5. The summed E-state index contributed by atoms with van der Waals surface area (Å²) in [4.78, 5) is 21.1. The first-order valence-corrected chi connectivity index (χ1v) is 10.2. The summed E-state index contributed by atoms with van der Waals surface area (Å²) in [6.07, 6.45) is 7.61. The Bertz CT molecular complexity index is 1310. The summed E-state index contributed by atoms with van der Waals surface area (Å²) in [5, 5.41) is 15.5. The molecule has 9 heteroatoms. The molecule has 1 aromatic carbocycles. The van der Waals surface area contributed by atoms with Crippen LogP contribution in [0.4, 0.5) is 0 Å². The molecule has 0 unspecified atom stereocenters. The minimum absolute atomic E-state index is 0.201. The molecule has 0 bridgehead atoms. The molecule has 3 aromatic heterocycles. The fourth-order valence-electron chi connectivity index (χ4n) is 3.13. The molecule has 0 saturated carbocycles. The van der Waals surface area contributed by atoms with Crippen molar-refractivity contribution in [3.05, 3.63) is 88.2 Å². The van der Waals surface area contributed by atoms with Crippen LogP contribution in [0, 0.1) is 5.41 Å². The number of nitrogens with zero attached hydrogens (tertiary/aromatic N) is 3. The molecule has 0 aliphatic carbocycles. The topological polar surface area (TPSA) is 95.2 Å². The molecule has 0 saturated heterocycles. The van der Waals surface area contributed by atoms with Crippen LogP contribution in [0.5, 0.6) is 0 Å². The molecule has 0 spiro atoms. The van der Waals surface area contributed by atoms with Crippen molar-refractivity contribution >= 4 is 51.7 Å². The third-order valence-corrected chi connectivity index (χ3v) is 5.13. The van der Waals surface area contributed by atoms with Crippen molar-refractivity contribution < 1.29 is 4.79 Å². The van der Waals surface area contributed by atoms with Crippen LogP contribution in [0.2, 0.25) is 10.0 Å². The largest absolute Gasteiger partial charge is 0.386 e. The van der Waals surface area contributed by atoms with Gasteiger partial charge in [0.1, 0.15) is 0 Å². The summed E-state index contributed by atoms with van der Waals surface area (Å²) in [6.45, 7) is 0.705. The van der Waals surface area contributed by atoms with Crippen LogP contribution in [-0.4, -0.2) is 26.5 Å². The number of carbonyl (C=O) groups excluding carboxylic acids is 1. The first kappa shape index (κ1) is 20.8. The van der Waals surface area contributed by atoms with Crippen LogP contribution in [0.3, 0.4) is 0 Å². The lowest BCUT2D eigenvalue weighted by Crippen LogP contribution is -2.26. The van der Waals surface area contributed by atoms with Crippen molar-refractivity contribution in [2.24, 2.45) is 0 Å². The third-order valence-electron chi connectivity index (χ3n) is 4.69. The van der Waals surface area contributed by atoms with Crippen molar-refractivity contribution in [2.75, 3.05) is 0 Å². The quantitative estimate of drug-likeness (QED) is 0.290. The van der Waals surface area contributed by atoms with Gasteiger partial charge in [-0.2, -0.15) is 0 Å². The van der Waals surface area contributed by atoms with Crippen molar-refractivity contribution in [1.29, 1.82) is 5.41 Å². The second-order valence-corrected chi connectivity index (χ2v) is 7.69. The molecule has 3 heterocycles. The number of fused-ring (bicyclic) bond motifs is 2. The maximum atomic E-state index is 12.5. The standard InChI is InChI=1S/C22H18Cl2N6O/c23-17-3-4-30-13-29-20(21(30)7-17)12-28-22(31)16(8-25)10-26-9-14-1-2-19-15(5-14)6-18(24)11-27-19/h1-8,10-11,13,25-26H,9,12H2,(H,28,31)/b16-10+,25-8?. The van der Waals surface area contributed by atoms with E-state index in [0.29, 0.717) is 22.3 Å². The number of benzene rings is 1. The minimum atomic E-state index is -0.375. The number of hydrogen-bond donors (Lipinski definition) is 3. The third kappa shape index (κ3) is 4.84. The highest BCUT2D eigenvalue weighted by Gasteiger charge is 2.10. The number of aromatic nitrogens is 3. The molecule has 31 heavy (non-hydrogen) atoms. The van der Waals surface area contributed by atoms with Crippen LogP contribution < -0.4 is 10.6 Å². The van der Waals surface area contributed by atoms with Crippen molar-refractivity contribution in [3.8, 4) is 0 Å². The van der Waals surface area contributed by atoms with E-state index < -0.39 is 0 Å². The van der Waals surface area contributed by atoms with Gasteiger partial charge in [-0.25, -0.2) is 4.98 Å². The maximum absolute atomic E-state index is 12.5. The lowest BCUT2D eigenvalue weighted by molar-refractivity contribution is -0.117. The Morgan fingerprint density at radius 1 is 1.10 bits per heavy atom. The van der Waals surface area contributed by atoms with E-state index in [2.05, 4.69) is 20.6 Å². The van der Waals surface area contributed by atoms with Gasteiger partial charge in [-0.05, 0) is 35.9 Å². The van der Waals surface area contributed by atoms with Crippen molar-refractivity contribution in [2.45, 2.75) is 13.1 Å². The number of amides is 1. The molecule has 4 rings (SSSR count). The van der Waals surface area contributed by atoms with E-state index in [0.717, 1.165) is 28.2 Å². The van der Waals surface area contributed by atoms with E-state index in [9.17, 15) is 4.79 Å². The van der Waals surface area contributed by atoms with Crippen LogP contribution in [0.1, 0.15) is 11.3 Å². The lowest BCUT2D eigenvalue weighted by Gasteiger charge is -2.07.